The van der Waals surface area contributed by atoms with Crippen LogP contribution in [0.15, 0.2) is 28.8 Å². The largest absolute Gasteiger partial charge is 0.416 e. The summed E-state index contributed by atoms with van der Waals surface area (Å²) < 4.78 is 44.0. The monoisotopic (exact) mass is 425 g/mol. The average molecular weight is 425 g/mol. The van der Waals surface area contributed by atoms with Crippen molar-refractivity contribution in [1.29, 1.82) is 0 Å². The first-order chi connectivity index (χ1) is 14.1. The fourth-order valence-corrected chi connectivity index (χ4v) is 3.47. The molecule has 1 aromatic carbocycles. The summed E-state index contributed by atoms with van der Waals surface area (Å²) in [7, 11) is 0. The van der Waals surface area contributed by atoms with Crippen LogP contribution in [0.4, 0.5) is 13.2 Å². The topological polar surface area (TPSA) is 87.4 Å². The van der Waals surface area contributed by atoms with Gasteiger partial charge in [0, 0.05) is 29.8 Å². The molecule has 1 saturated carbocycles. The van der Waals surface area contributed by atoms with Crippen molar-refractivity contribution in [3.63, 3.8) is 0 Å². The maximum Gasteiger partial charge on any atom is 0.416 e. The number of carbonyl (C=O) groups excluding carboxylic acids is 1. The molecule has 1 heterocycles. The van der Waals surface area contributed by atoms with Gasteiger partial charge < -0.3 is 20.3 Å². The Morgan fingerprint density at radius 3 is 2.40 bits per heavy atom. The van der Waals surface area contributed by atoms with Crippen molar-refractivity contribution >= 4 is 5.91 Å². The lowest BCUT2D eigenvalue weighted by Gasteiger charge is -2.25. The standard InChI is InChI=1S/C21H26F3N3O3/c1-12(2)25-11-17-18(20(29)26-15-7-9-16(28)10-8-15)27-30-19(17)13-3-5-14(6-4-13)21(22,23)24/h3-6,12,15-16,25,28H,7-11H2,1-2H3,(H,26,29). The van der Waals surface area contributed by atoms with Crippen molar-refractivity contribution in [3.8, 4) is 11.3 Å². The van der Waals surface area contributed by atoms with Crippen LogP contribution in [0.3, 0.4) is 0 Å². The van der Waals surface area contributed by atoms with Crippen LogP contribution in [0, 0.1) is 0 Å². The van der Waals surface area contributed by atoms with Gasteiger partial charge in [-0.05, 0) is 37.8 Å². The number of alkyl halides is 3. The van der Waals surface area contributed by atoms with Gasteiger partial charge in [-0.25, -0.2) is 0 Å². The molecule has 0 atom stereocenters. The highest BCUT2D eigenvalue weighted by Gasteiger charge is 2.31. The van der Waals surface area contributed by atoms with Gasteiger partial charge in [0.1, 0.15) is 0 Å². The Hall–Kier alpha value is -2.39. The van der Waals surface area contributed by atoms with E-state index in [1.807, 2.05) is 13.8 Å². The number of carbonyl (C=O) groups is 1. The predicted octanol–water partition coefficient (Wildman–Crippen LogP) is 3.89. The summed E-state index contributed by atoms with van der Waals surface area (Å²) in [5.41, 5.74) is 0.266. The number of rotatable bonds is 6. The molecule has 0 bridgehead atoms. The molecule has 0 saturated heterocycles. The summed E-state index contributed by atoms with van der Waals surface area (Å²) >= 11 is 0. The zero-order valence-corrected chi connectivity index (χ0v) is 16.9. The second-order valence-corrected chi connectivity index (χ2v) is 7.93. The third kappa shape index (κ3) is 5.40. The number of aromatic nitrogens is 1. The van der Waals surface area contributed by atoms with Crippen molar-refractivity contribution in [1.82, 2.24) is 15.8 Å². The molecule has 1 fully saturated rings. The Bertz CT molecular complexity index is 855. The quantitative estimate of drug-likeness (QED) is 0.654. The molecule has 0 radical (unpaired) electrons. The van der Waals surface area contributed by atoms with Crippen LogP contribution in [0.25, 0.3) is 11.3 Å². The smallest absolute Gasteiger partial charge is 0.393 e. The van der Waals surface area contributed by atoms with Crippen molar-refractivity contribution in [3.05, 3.63) is 41.1 Å². The molecule has 1 aromatic heterocycles. The van der Waals surface area contributed by atoms with Crippen LogP contribution in [0.2, 0.25) is 0 Å². The summed E-state index contributed by atoms with van der Waals surface area (Å²) in [5, 5.41) is 19.7. The number of nitrogens with one attached hydrogen (secondary N) is 2. The number of hydrogen-bond acceptors (Lipinski definition) is 5. The molecule has 0 spiro atoms. The fourth-order valence-electron chi connectivity index (χ4n) is 3.47. The van der Waals surface area contributed by atoms with Crippen molar-refractivity contribution in [2.75, 3.05) is 0 Å². The van der Waals surface area contributed by atoms with Gasteiger partial charge in [0.25, 0.3) is 5.91 Å². The molecule has 30 heavy (non-hydrogen) atoms. The first kappa shape index (κ1) is 22.3. The number of hydrogen-bond donors (Lipinski definition) is 3. The first-order valence-corrected chi connectivity index (χ1v) is 10.0. The van der Waals surface area contributed by atoms with Gasteiger partial charge in [0.15, 0.2) is 11.5 Å². The minimum absolute atomic E-state index is 0.0574. The molecule has 2 aromatic rings. The van der Waals surface area contributed by atoms with Gasteiger partial charge >= 0.3 is 6.18 Å². The number of amides is 1. The predicted molar refractivity (Wildman–Crippen MR) is 105 cm³/mol. The van der Waals surface area contributed by atoms with E-state index < -0.39 is 11.7 Å². The van der Waals surface area contributed by atoms with E-state index in [9.17, 15) is 23.1 Å². The number of halogens is 3. The lowest BCUT2D eigenvalue weighted by atomic mass is 9.93. The number of aliphatic hydroxyl groups excluding tert-OH is 1. The highest BCUT2D eigenvalue weighted by Crippen LogP contribution is 2.33. The maximum absolute atomic E-state index is 12.9. The van der Waals surface area contributed by atoms with Crippen LogP contribution >= 0.6 is 0 Å². The number of nitrogens with zero attached hydrogens (tertiary/aromatic N) is 1. The summed E-state index contributed by atoms with van der Waals surface area (Å²) in [6.07, 6.45) is -2.15. The van der Waals surface area contributed by atoms with E-state index in [4.69, 9.17) is 4.52 Å². The highest BCUT2D eigenvalue weighted by molar-refractivity contribution is 5.95. The lowest BCUT2D eigenvalue weighted by Crippen LogP contribution is -2.39. The maximum atomic E-state index is 12.9. The molecule has 1 aliphatic rings. The number of aliphatic hydroxyl groups is 1. The van der Waals surface area contributed by atoms with Crippen molar-refractivity contribution in [2.45, 2.75) is 70.4 Å². The van der Waals surface area contributed by atoms with Crippen LogP contribution in [0.1, 0.15) is 61.1 Å². The van der Waals surface area contributed by atoms with Gasteiger partial charge in [-0.1, -0.05) is 31.1 Å². The molecule has 1 amide bonds. The van der Waals surface area contributed by atoms with E-state index in [-0.39, 0.29) is 42.1 Å². The number of benzene rings is 1. The van der Waals surface area contributed by atoms with Gasteiger partial charge in [-0.2, -0.15) is 13.2 Å². The molecule has 164 valence electrons. The second-order valence-electron chi connectivity index (χ2n) is 7.93. The Labute approximate surface area is 172 Å². The van der Waals surface area contributed by atoms with E-state index in [0.717, 1.165) is 12.1 Å². The third-order valence-electron chi connectivity index (χ3n) is 5.20. The van der Waals surface area contributed by atoms with E-state index in [2.05, 4.69) is 15.8 Å². The molecular weight excluding hydrogens is 399 g/mol. The van der Waals surface area contributed by atoms with Gasteiger partial charge in [-0.15, -0.1) is 0 Å². The zero-order valence-electron chi connectivity index (χ0n) is 16.9. The Morgan fingerprint density at radius 1 is 1.20 bits per heavy atom. The van der Waals surface area contributed by atoms with Crippen molar-refractivity contribution in [2.24, 2.45) is 0 Å². The van der Waals surface area contributed by atoms with E-state index in [0.29, 0.717) is 36.8 Å². The summed E-state index contributed by atoms with van der Waals surface area (Å²) in [6.45, 7) is 4.17. The lowest BCUT2D eigenvalue weighted by molar-refractivity contribution is -0.137. The van der Waals surface area contributed by atoms with Gasteiger partial charge in [0.2, 0.25) is 0 Å². The minimum Gasteiger partial charge on any atom is -0.393 e. The minimum atomic E-state index is -4.43. The molecule has 0 aliphatic heterocycles. The van der Waals surface area contributed by atoms with Crippen molar-refractivity contribution < 1.29 is 27.6 Å². The molecule has 1 aliphatic carbocycles. The van der Waals surface area contributed by atoms with Crippen LogP contribution in [-0.2, 0) is 12.7 Å². The summed E-state index contributed by atoms with van der Waals surface area (Å²) in [4.78, 5) is 12.8. The summed E-state index contributed by atoms with van der Waals surface area (Å²) in [5.74, 6) is -0.125. The molecule has 0 unspecified atom stereocenters. The Balaban J connectivity index is 1.85. The van der Waals surface area contributed by atoms with Crippen LogP contribution in [-0.4, -0.2) is 34.4 Å². The molecule has 3 rings (SSSR count). The molecule has 3 N–H and O–H groups in total. The van der Waals surface area contributed by atoms with E-state index in [1.54, 1.807) is 0 Å². The van der Waals surface area contributed by atoms with Crippen LogP contribution in [0.5, 0.6) is 0 Å². The Kier molecular flexibility index (Phi) is 6.82. The zero-order chi connectivity index (χ0) is 21.9. The van der Waals surface area contributed by atoms with Gasteiger partial charge in [0.05, 0.1) is 11.7 Å². The molecule has 9 heteroatoms. The SMILES string of the molecule is CC(C)NCc1c(C(=O)NC2CCC(O)CC2)noc1-c1ccc(C(F)(F)F)cc1. The van der Waals surface area contributed by atoms with E-state index >= 15 is 0 Å². The highest BCUT2D eigenvalue weighted by atomic mass is 19.4. The van der Waals surface area contributed by atoms with E-state index in [1.165, 1.54) is 12.1 Å². The summed E-state index contributed by atoms with van der Waals surface area (Å²) in [6, 6.07) is 4.64. The molecular formula is C21H26F3N3O3. The van der Waals surface area contributed by atoms with Crippen LogP contribution < -0.4 is 10.6 Å². The normalized spacial score (nSPS) is 19.8. The Morgan fingerprint density at radius 2 is 1.83 bits per heavy atom. The second kappa shape index (κ2) is 9.18. The fraction of sp³-hybridized carbons (Fsp3) is 0.524. The van der Waals surface area contributed by atoms with Gasteiger partial charge in [-0.3, -0.25) is 4.79 Å². The third-order valence-corrected chi connectivity index (χ3v) is 5.20. The molecule has 6 nitrogen and oxygen atoms in total. The first-order valence-electron chi connectivity index (χ1n) is 10.0. The average Bonchev–Trinajstić information content (AvgIpc) is 3.11.